The molecule has 1 aromatic heterocycles. The van der Waals surface area contributed by atoms with Gasteiger partial charge in [-0.3, -0.25) is 4.79 Å². The van der Waals surface area contributed by atoms with E-state index in [0.29, 0.717) is 10.0 Å². The summed E-state index contributed by atoms with van der Waals surface area (Å²) in [6, 6.07) is 8.15. The molecule has 0 atom stereocenters. The molecule has 0 radical (unpaired) electrons. The van der Waals surface area contributed by atoms with Gasteiger partial charge in [0, 0.05) is 12.2 Å². The number of nitrogen functional groups attached to an aromatic ring is 1. The number of para-hydroxylation sites is 1. The van der Waals surface area contributed by atoms with Crippen molar-refractivity contribution in [3.8, 4) is 0 Å². The first-order valence-corrected chi connectivity index (χ1v) is 7.61. The molecule has 20 heavy (non-hydrogen) atoms. The second kappa shape index (κ2) is 5.25. The van der Waals surface area contributed by atoms with Crippen molar-refractivity contribution < 1.29 is 4.79 Å². The Bertz CT molecular complexity index is 650. The number of rotatable bonds is 1. The summed E-state index contributed by atoms with van der Waals surface area (Å²) in [5.74, 6) is 0.0195. The summed E-state index contributed by atoms with van der Waals surface area (Å²) in [7, 11) is 0. The molecule has 5 heteroatoms. The highest BCUT2D eigenvalue weighted by Crippen LogP contribution is 2.30. The van der Waals surface area contributed by atoms with Crippen LogP contribution in [0.25, 0.3) is 0 Å². The highest BCUT2D eigenvalue weighted by molar-refractivity contribution is 7.17. The number of amides is 1. The number of carbonyl (C=O) groups excluding carboxylic acids is 1. The van der Waals surface area contributed by atoms with Gasteiger partial charge in [0.05, 0.1) is 5.69 Å². The molecular formula is C15H17N3OS. The number of aromatic nitrogens is 1. The topological polar surface area (TPSA) is 59.2 Å². The van der Waals surface area contributed by atoms with Crippen LogP contribution >= 0.6 is 11.3 Å². The molecule has 2 heterocycles. The van der Waals surface area contributed by atoms with Gasteiger partial charge in [0.15, 0.2) is 5.13 Å². The number of fused-ring (bicyclic) bond motifs is 1. The SMILES string of the molecule is Cc1nc(N)sc1C(=O)N1CCCCc2ccccc21. The van der Waals surface area contributed by atoms with E-state index >= 15 is 0 Å². The number of hydrogen-bond donors (Lipinski definition) is 1. The van der Waals surface area contributed by atoms with Gasteiger partial charge >= 0.3 is 0 Å². The largest absolute Gasteiger partial charge is 0.375 e. The molecule has 1 amide bonds. The molecule has 1 aromatic carbocycles. The molecular weight excluding hydrogens is 270 g/mol. The highest BCUT2D eigenvalue weighted by atomic mass is 32.1. The van der Waals surface area contributed by atoms with E-state index in [1.165, 1.54) is 16.9 Å². The Morgan fingerprint density at radius 1 is 1.35 bits per heavy atom. The third-order valence-corrected chi connectivity index (χ3v) is 4.59. The van der Waals surface area contributed by atoms with Crippen molar-refractivity contribution >= 4 is 28.1 Å². The molecule has 0 unspecified atom stereocenters. The number of benzene rings is 1. The fourth-order valence-electron chi connectivity index (χ4n) is 2.64. The van der Waals surface area contributed by atoms with Gasteiger partial charge in [-0.1, -0.05) is 29.5 Å². The first-order chi connectivity index (χ1) is 9.66. The summed E-state index contributed by atoms with van der Waals surface area (Å²) in [4.78, 5) is 19.5. The van der Waals surface area contributed by atoms with Crippen LogP contribution in [0.15, 0.2) is 24.3 Å². The van der Waals surface area contributed by atoms with Crippen LogP contribution in [-0.2, 0) is 6.42 Å². The van der Waals surface area contributed by atoms with Gasteiger partial charge in [-0.05, 0) is 37.8 Å². The van der Waals surface area contributed by atoms with E-state index in [4.69, 9.17) is 5.73 Å². The molecule has 2 aromatic rings. The molecule has 104 valence electrons. The molecule has 4 nitrogen and oxygen atoms in total. The number of carbonyl (C=O) groups is 1. The van der Waals surface area contributed by atoms with Gasteiger partial charge in [-0.2, -0.15) is 0 Å². The number of anilines is 2. The zero-order chi connectivity index (χ0) is 14.1. The first-order valence-electron chi connectivity index (χ1n) is 6.79. The fraction of sp³-hybridized carbons (Fsp3) is 0.333. The van der Waals surface area contributed by atoms with Crippen molar-refractivity contribution in [3.63, 3.8) is 0 Å². The van der Waals surface area contributed by atoms with Crippen LogP contribution in [-0.4, -0.2) is 17.4 Å². The van der Waals surface area contributed by atoms with Crippen LogP contribution in [0.3, 0.4) is 0 Å². The minimum absolute atomic E-state index is 0.0195. The zero-order valence-corrected chi connectivity index (χ0v) is 12.2. The Balaban J connectivity index is 2.01. The average molecular weight is 287 g/mol. The molecule has 1 aliphatic heterocycles. The summed E-state index contributed by atoms with van der Waals surface area (Å²) < 4.78 is 0. The lowest BCUT2D eigenvalue weighted by Gasteiger charge is -2.22. The van der Waals surface area contributed by atoms with Crippen molar-refractivity contribution in [1.82, 2.24) is 4.98 Å². The molecule has 0 saturated carbocycles. The number of hydrogen-bond acceptors (Lipinski definition) is 4. The van der Waals surface area contributed by atoms with Gasteiger partial charge < -0.3 is 10.6 Å². The summed E-state index contributed by atoms with van der Waals surface area (Å²) >= 11 is 1.27. The lowest BCUT2D eigenvalue weighted by atomic mass is 10.1. The van der Waals surface area contributed by atoms with E-state index in [2.05, 4.69) is 11.1 Å². The first kappa shape index (κ1) is 13.1. The molecule has 0 bridgehead atoms. The number of nitrogens with two attached hydrogens (primary N) is 1. The maximum Gasteiger partial charge on any atom is 0.270 e. The van der Waals surface area contributed by atoms with Gasteiger partial charge in [0.2, 0.25) is 0 Å². The molecule has 3 rings (SSSR count). The molecule has 0 aliphatic carbocycles. The third-order valence-electron chi connectivity index (χ3n) is 3.61. The van der Waals surface area contributed by atoms with Crippen molar-refractivity contribution in [2.75, 3.05) is 17.2 Å². The Labute approximate surface area is 122 Å². The summed E-state index contributed by atoms with van der Waals surface area (Å²) in [5, 5.41) is 0.453. The number of thiazole rings is 1. The average Bonchev–Trinajstić information content (AvgIpc) is 2.66. The zero-order valence-electron chi connectivity index (χ0n) is 11.4. The monoisotopic (exact) mass is 287 g/mol. The van der Waals surface area contributed by atoms with Gasteiger partial charge in [0.25, 0.3) is 5.91 Å². The minimum atomic E-state index is 0.0195. The van der Waals surface area contributed by atoms with Crippen LogP contribution in [0.2, 0.25) is 0 Å². The van der Waals surface area contributed by atoms with Crippen molar-refractivity contribution in [2.45, 2.75) is 26.2 Å². The molecule has 0 spiro atoms. The lowest BCUT2D eigenvalue weighted by Crippen LogP contribution is -2.31. The second-order valence-electron chi connectivity index (χ2n) is 5.01. The van der Waals surface area contributed by atoms with Crippen LogP contribution in [0.1, 0.15) is 33.8 Å². The number of aryl methyl sites for hydroxylation is 2. The maximum absolute atomic E-state index is 12.8. The lowest BCUT2D eigenvalue weighted by molar-refractivity contribution is 0.0990. The second-order valence-corrected chi connectivity index (χ2v) is 6.04. The van der Waals surface area contributed by atoms with E-state index in [1.54, 1.807) is 0 Å². The Morgan fingerprint density at radius 3 is 2.90 bits per heavy atom. The quantitative estimate of drug-likeness (QED) is 0.877. The van der Waals surface area contributed by atoms with Crippen LogP contribution < -0.4 is 10.6 Å². The Morgan fingerprint density at radius 2 is 2.15 bits per heavy atom. The predicted molar refractivity (Wildman–Crippen MR) is 82.3 cm³/mol. The van der Waals surface area contributed by atoms with E-state index < -0.39 is 0 Å². The van der Waals surface area contributed by atoms with Crippen molar-refractivity contribution in [2.24, 2.45) is 0 Å². The summed E-state index contributed by atoms with van der Waals surface area (Å²) in [5.41, 5.74) is 8.70. The highest BCUT2D eigenvalue weighted by Gasteiger charge is 2.25. The smallest absolute Gasteiger partial charge is 0.270 e. The number of nitrogens with zero attached hydrogens (tertiary/aromatic N) is 2. The van der Waals surface area contributed by atoms with Gasteiger partial charge in [0.1, 0.15) is 4.88 Å². The minimum Gasteiger partial charge on any atom is -0.375 e. The normalized spacial score (nSPS) is 14.8. The molecule has 2 N–H and O–H groups in total. The standard InChI is InChI=1S/C15H17N3OS/c1-10-13(20-15(16)17-10)14(19)18-9-5-4-7-11-6-2-3-8-12(11)18/h2-3,6,8H,4-5,7,9H2,1H3,(H2,16,17). The van der Waals surface area contributed by atoms with Crippen molar-refractivity contribution in [1.29, 1.82) is 0 Å². The van der Waals surface area contributed by atoms with E-state index in [9.17, 15) is 4.79 Å². The third kappa shape index (κ3) is 2.29. The summed E-state index contributed by atoms with van der Waals surface area (Å²) in [6.45, 7) is 2.59. The van der Waals surface area contributed by atoms with Crippen LogP contribution in [0, 0.1) is 6.92 Å². The van der Waals surface area contributed by atoms with E-state index in [-0.39, 0.29) is 5.91 Å². The van der Waals surface area contributed by atoms with E-state index in [0.717, 1.165) is 37.2 Å². The maximum atomic E-state index is 12.8. The molecule has 0 fully saturated rings. The fourth-order valence-corrected chi connectivity index (χ4v) is 3.42. The van der Waals surface area contributed by atoms with E-state index in [1.807, 2.05) is 30.0 Å². The predicted octanol–water partition coefficient (Wildman–Crippen LogP) is 3.02. The Hall–Kier alpha value is -1.88. The van der Waals surface area contributed by atoms with Crippen LogP contribution in [0.5, 0.6) is 0 Å². The summed E-state index contributed by atoms with van der Waals surface area (Å²) in [6.07, 6.45) is 3.17. The van der Waals surface area contributed by atoms with Crippen molar-refractivity contribution in [3.05, 3.63) is 40.4 Å². The van der Waals surface area contributed by atoms with Gasteiger partial charge in [-0.25, -0.2) is 4.98 Å². The van der Waals surface area contributed by atoms with Crippen LogP contribution in [0.4, 0.5) is 10.8 Å². The molecule has 1 aliphatic rings. The van der Waals surface area contributed by atoms with Gasteiger partial charge in [-0.15, -0.1) is 0 Å². The molecule has 0 saturated heterocycles. The Kier molecular flexibility index (Phi) is 3.44.